The zero-order valence-corrected chi connectivity index (χ0v) is 12.3. The number of fused-ring (bicyclic) bond motifs is 3. The summed E-state index contributed by atoms with van der Waals surface area (Å²) in [6.07, 6.45) is 0. The van der Waals surface area contributed by atoms with Crippen molar-refractivity contribution < 1.29 is 9.90 Å². The monoisotopic (exact) mass is 304 g/mol. The van der Waals surface area contributed by atoms with Crippen LogP contribution in [0.1, 0.15) is 16.2 Å². The van der Waals surface area contributed by atoms with Crippen molar-refractivity contribution >= 4 is 39.5 Å². The quantitative estimate of drug-likeness (QED) is 0.727. The van der Waals surface area contributed by atoms with Gasteiger partial charge in [0.15, 0.2) is 5.15 Å². The van der Waals surface area contributed by atoms with Gasteiger partial charge in [-0.15, -0.1) is 0 Å². The molecule has 0 saturated heterocycles. The first kappa shape index (κ1) is 13.8. The molecule has 0 fully saturated rings. The Balaban J connectivity index is 2.28. The molecule has 0 amide bonds. The largest absolute Gasteiger partial charge is 0.475 e. The number of rotatable bonds is 3. The average molecular weight is 305 g/mol. The van der Waals surface area contributed by atoms with E-state index in [0.717, 1.165) is 23.0 Å². The van der Waals surface area contributed by atoms with Gasteiger partial charge in [-0.1, -0.05) is 17.7 Å². The Morgan fingerprint density at radius 1 is 1.38 bits per heavy atom. The van der Waals surface area contributed by atoms with E-state index in [1.54, 1.807) is 0 Å². The van der Waals surface area contributed by atoms with E-state index in [0.29, 0.717) is 11.0 Å². The summed E-state index contributed by atoms with van der Waals surface area (Å²) >= 11 is 6.05. The number of aromatic nitrogens is 3. The van der Waals surface area contributed by atoms with Gasteiger partial charge < -0.3 is 15.0 Å². The number of nitrogens with zero attached hydrogens (tertiary/aromatic N) is 3. The summed E-state index contributed by atoms with van der Waals surface area (Å²) in [7, 11) is 3.97. The fraction of sp³-hybridized carbons (Fsp3) is 0.214. The van der Waals surface area contributed by atoms with Crippen molar-refractivity contribution in [3.05, 3.63) is 34.7 Å². The van der Waals surface area contributed by atoms with Crippen molar-refractivity contribution in [2.24, 2.45) is 0 Å². The molecule has 108 valence electrons. The number of aromatic amines is 1. The molecule has 0 bridgehead atoms. The highest BCUT2D eigenvalue weighted by Gasteiger charge is 2.16. The lowest BCUT2D eigenvalue weighted by atomic mass is 10.1. The zero-order chi connectivity index (χ0) is 15.1. The Labute approximate surface area is 125 Å². The number of carboxylic acid groups (broad SMARTS) is 1. The number of hydrogen-bond donors (Lipinski definition) is 2. The van der Waals surface area contributed by atoms with Crippen molar-refractivity contribution in [1.29, 1.82) is 0 Å². The summed E-state index contributed by atoms with van der Waals surface area (Å²) in [5.41, 5.74) is 3.05. The highest BCUT2D eigenvalue weighted by atomic mass is 35.5. The Hall–Kier alpha value is -2.18. The molecule has 1 aromatic carbocycles. The van der Waals surface area contributed by atoms with E-state index < -0.39 is 5.97 Å². The number of halogens is 1. The summed E-state index contributed by atoms with van der Waals surface area (Å²) in [5, 5.41) is 10.0. The van der Waals surface area contributed by atoms with Crippen LogP contribution in [0.2, 0.25) is 5.15 Å². The molecular formula is C14H13ClN4O2. The van der Waals surface area contributed by atoms with Gasteiger partial charge in [0, 0.05) is 17.4 Å². The zero-order valence-electron chi connectivity index (χ0n) is 11.5. The fourth-order valence-corrected chi connectivity index (χ4v) is 2.55. The normalized spacial score (nSPS) is 11.6. The van der Waals surface area contributed by atoms with Crippen LogP contribution in [0.15, 0.2) is 18.2 Å². The Kier molecular flexibility index (Phi) is 3.27. The van der Waals surface area contributed by atoms with Gasteiger partial charge in [0.2, 0.25) is 5.82 Å². The van der Waals surface area contributed by atoms with Crippen LogP contribution in [0.4, 0.5) is 0 Å². The standard InChI is InChI=1S/C14H13ClN4O2/c1-19(2)6-7-3-4-9-8(5-7)10-11(16-9)12(15)18-13(17-10)14(20)21/h3-5,16H,6H2,1-2H3,(H,20,21). The minimum Gasteiger partial charge on any atom is -0.475 e. The third-order valence-electron chi connectivity index (χ3n) is 3.15. The average Bonchev–Trinajstić information content (AvgIpc) is 2.77. The number of aromatic carboxylic acids is 1. The SMILES string of the molecule is CN(C)Cc1ccc2[nH]c3c(Cl)nc(C(=O)O)nc3c2c1. The van der Waals surface area contributed by atoms with Crippen LogP contribution in [-0.4, -0.2) is 45.0 Å². The highest BCUT2D eigenvalue weighted by molar-refractivity contribution is 6.34. The molecule has 0 spiro atoms. The number of nitrogens with one attached hydrogen (secondary N) is 1. The maximum absolute atomic E-state index is 11.1. The van der Waals surface area contributed by atoms with E-state index in [1.165, 1.54) is 0 Å². The number of benzene rings is 1. The van der Waals surface area contributed by atoms with Gasteiger partial charge in [-0.25, -0.2) is 14.8 Å². The number of carboxylic acids is 1. The molecule has 0 unspecified atom stereocenters. The Bertz CT molecular complexity index is 857. The molecule has 2 heterocycles. The van der Waals surface area contributed by atoms with Gasteiger partial charge in [-0.05, 0) is 31.8 Å². The lowest BCUT2D eigenvalue weighted by Gasteiger charge is -2.09. The molecule has 0 aliphatic rings. The van der Waals surface area contributed by atoms with E-state index in [1.807, 2.05) is 32.3 Å². The molecular weight excluding hydrogens is 292 g/mol. The van der Waals surface area contributed by atoms with Crippen molar-refractivity contribution in [2.75, 3.05) is 14.1 Å². The third-order valence-corrected chi connectivity index (χ3v) is 3.43. The molecule has 0 aliphatic carbocycles. The van der Waals surface area contributed by atoms with E-state index in [-0.39, 0.29) is 11.0 Å². The minimum atomic E-state index is -1.20. The predicted molar refractivity (Wildman–Crippen MR) is 80.8 cm³/mol. The molecule has 3 aromatic rings. The van der Waals surface area contributed by atoms with Crippen LogP contribution in [0.3, 0.4) is 0 Å². The van der Waals surface area contributed by atoms with Crippen molar-refractivity contribution in [3.8, 4) is 0 Å². The first-order chi connectivity index (χ1) is 9.95. The second-order valence-electron chi connectivity index (χ2n) is 5.11. The molecule has 21 heavy (non-hydrogen) atoms. The van der Waals surface area contributed by atoms with Crippen molar-refractivity contribution in [2.45, 2.75) is 6.54 Å². The van der Waals surface area contributed by atoms with Gasteiger partial charge in [0.05, 0.1) is 0 Å². The maximum Gasteiger partial charge on any atom is 0.374 e. The number of H-pyrrole nitrogens is 1. The van der Waals surface area contributed by atoms with Crippen molar-refractivity contribution in [3.63, 3.8) is 0 Å². The van der Waals surface area contributed by atoms with Gasteiger partial charge in [-0.2, -0.15) is 0 Å². The van der Waals surface area contributed by atoms with Crippen LogP contribution >= 0.6 is 11.6 Å². The highest BCUT2D eigenvalue weighted by Crippen LogP contribution is 2.28. The van der Waals surface area contributed by atoms with E-state index in [4.69, 9.17) is 16.7 Å². The minimum absolute atomic E-state index is 0.114. The van der Waals surface area contributed by atoms with E-state index in [2.05, 4.69) is 19.9 Å². The molecule has 6 nitrogen and oxygen atoms in total. The van der Waals surface area contributed by atoms with Gasteiger partial charge in [0.1, 0.15) is 11.0 Å². The summed E-state index contributed by atoms with van der Waals surface area (Å²) in [6, 6.07) is 5.94. The summed E-state index contributed by atoms with van der Waals surface area (Å²) < 4.78 is 0. The van der Waals surface area contributed by atoms with Crippen LogP contribution in [-0.2, 0) is 6.54 Å². The molecule has 0 aliphatic heterocycles. The fourth-order valence-electron chi connectivity index (χ4n) is 2.33. The number of carbonyl (C=O) groups is 1. The van der Waals surface area contributed by atoms with Crippen LogP contribution in [0, 0.1) is 0 Å². The molecule has 2 N–H and O–H groups in total. The lowest BCUT2D eigenvalue weighted by Crippen LogP contribution is -2.10. The van der Waals surface area contributed by atoms with Gasteiger partial charge in [-0.3, -0.25) is 0 Å². The summed E-state index contributed by atoms with van der Waals surface area (Å²) in [5.74, 6) is -1.50. The molecule has 0 saturated carbocycles. The predicted octanol–water partition coefficient (Wildman–Crippen LogP) is 2.52. The van der Waals surface area contributed by atoms with Crippen molar-refractivity contribution in [1.82, 2.24) is 19.9 Å². The van der Waals surface area contributed by atoms with Gasteiger partial charge in [0.25, 0.3) is 0 Å². The molecule has 7 heteroatoms. The Morgan fingerprint density at radius 3 is 2.81 bits per heavy atom. The first-order valence-corrected chi connectivity index (χ1v) is 6.69. The van der Waals surface area contributed by atoms with E-state index >= 15 is 0 Å². The molecule has 3 rings (SSSR count). The summed E-state index contributed by atoms with van der Waals surface area (Å²) in [6.45, 7) is 0.785. The molecule has 0 atom stereocenters. The van der Waals surface area contributed by atoms with Crippen LogP contribution in [0.5, 0.6) is 0 Å². The first-order valence-electron chi connectivity index (χ1n) is 6.31. The van der Waals surface area contributed by atoms with Crippen LogP contribution in [0.25, 0.3) is 21.9 Å². The smallest absolute Gasteiger partial charge is 0.374 e. The second kappa shape index (κ2) is 4.98. The van der Waals surface area contributed by atoms with E-state index in [9.17, 15) is 4.79 Å². The lowest BCUT2D eigenvalue weighted by molar-refractivity contribution is 0.0684. The maximum atomic E-state index is 11.1. The Morgan fingerprint density at radius 2 is 2.14 bits per heavy atom. The molecule has 2 aromatic heterocycles. The van der Waals surface area contributed by atoms with Gasteiger partial charge >= 0.3 is 5.97 Å². The topological polar surface area (TPSA) is 82.1 Å². The second-order valence-corrected chi connectivity index (χ2v) is 5.47. The summed E-state index contributed by atoms with van der Waals surface area (Å²) in [4.78, 5) is 24.1. The third kappa shape index (κ3) is 2.43. The number of hydrogen-bond acceptors (Lipinski definition) is 4. The van der Waals surface area contributed by atoms with Crippen LogP contribution < -0.4 is 0 Å². The molecule has 0 radical (unpaired) electrons.